The molecule has 0 saturated heterocycles. The van der Waals surface area contributed by atoms with Gasteiger partial charge in [0, 0.05) is 18.4 Å². The molecule has 0 aliphatic rings. The maximum absolute atomic E-state index is 11.3. The largest absolute Gasteiger partial charge is 0.480 e. The van der Waals surface area contributed by atoms with E-state index in [4.69, 9.17) is 0 Å². The third-order valence-corrected chi connectivity index (χ3v) is 5.99. The Balaban J connectivity index is 1.94. The predicted molar refractivity (Wildman–Crippen MR) is 135 cm³/mol. The number of carbonyl (C=O) groups is 2. The third kappa shape index (κ3) is 9.56. The van der Waals surface area contributed by atoms with Gasteiger partial charge in [-0.25, -0.2) is 4.79 Å². The van der Waals surface area contributed by atoms with Gasteiger partial charge in [-0.2, -0.15) is 11.8 Å². The highest BCUT2D eigenvalue weighted by molar-refractivity contribution is 7.99. The van der Waals surface area contributed by atoms with E-state index in [0.29, 0.717) is 5.75 Å². The van der Waals surface area contributed by atoms with Crippen LogP contribution >= 0.6 is 11.8 Å². The third-order valence-electron chi connectivity index (χ3n) is 5.02. The molecule has 32 heavy (non-hydrogen) atoms. The van der Waals surface area contributed by atoms with Crippen LogP contribution in [0.15, 0.2) is 77.9 Å². The second-order valence-corrected chi connectivity index (χ2v) is 9.11. The van der Waals surface area contributed by atoms with Crippen LogP contribution in [0.1, 0.15) is 39.2 Å². The zero-order valence-corrected chi connectivity index (χ0v) is 20.0. The number of benzene rings is 2. The Morgan fingerprint density at radius 3 is 2.22 bits per heavy atom. The van der Waals surface area contributed by atoms with Crippen LogP contribution in [0.25, 0.3) is 11.1 Å². The molecule has 0 heterocycles. The molecule has 0 unspecified atom stereocenters. The fraction of sp³-hybridized carbons (Fsp3) is 0.333. The Bertz CT molecular complexity index is 929. The van der Waals surface area contributed by atoms with Crippen LogP contribution in [0.4, 0.5) is 0 Å². The van der Waals surface area contributed by atoms with Crippen molar-refractivity contribution in [1.82, 2.24) is 5.32 Å². The average molecular weight is 452 g/mol. The quantitative estimate of drug-likeness (QED) is 0.312. The first kappa shape index (κ1) is 25.5. The molecule has 0 aliphatic carbocycles. The summed E-state index contributed by atoms with van der Waals surface area (Å²) in [5.74, 6) is -0.249. The van der Waals surface area contributed by atoms with E-state index in [1.807, 2.05) is 6.07 Å². The van der Waals surface area contributed by atoms with Crippen molar-refractivity contribution in [3.8, 4) is 11.1 Å². The maximum atomic E-state index is 11.3. The number of allylic oxidation sites excluding steroid dienone is 3. The molecule has 2 aromatic rings. The summed E-state index contributed by atoms with van der Waals surface area (Å²) >= 11 is 1.52. The minimum Gasteiger partial charge on any atom is -0.480 e. The summed E-state index contributed by atoms with van der Waals surface area (Å²) in [6.07, 6.45) is 7.26. The molecule has 0 radical (unpaired) electrons. The van der Waals surface area contributed by atoms with Crippen LogP contribution in [0.2, 0.25) is 0 Å². The van der Waals surface area contributed by atoms with Crippen molar-refractivity contribution < 1.29 is 14.7 Å². The van der Waals surface area contributed by atoms with E-state index in [1.54, 1.807) is 0 Å². The first-order valence-electron chi connectivity index (χ1n) is 10.9. The monoisotopic (exact) mass is 451 g/mol. The van der Waals surface area contributed by atoms with Crippen molar-refractivity contribution in [1.29, 1.82) is 0 Å². The second-order valence-electron chi connectivity index (χ2n) is 8.04. The molecule has 0 saturated carbocycles. The van der Waals surface area contributed by atoms with Gasteiger partial charge in [0.2, 0.25) is 5.91 Å². The zero-order chi connectivity index (χ0) is 23.3. The minimum absolute atomic E-state index is 0.323. The highest BCUT2D eigenvalue weighted by atomic mass is 32.2. The Hall–Kier alpha value is -2.79. The molecule has 1 amide bonds. The number of aliphatic carboxylic acids is 1. The summed E-state index contributed by atoms with van der Waals surface area (Å²) in [7, 11) is 0. The molecule has 4 nitrogen and oxygen atoms in total. The van der Waals surface area contributed by atoms with Crippen molar-refractivity contribution in [3.05, 3.63) is 83.5 Å². The molecule has 0 aromatic heterocycles. The number of thioether (sulfide) groups is 1. The molecule has 0 aliphatic heterocycles. The van der Waals surface area contributed by atoms with Crippen molar-refractivity contribution in [2.75, 3.05) is 11.5 Å². The summed E-state index contributed by atoms with van der Waals surface area (Å²) in [5, 5.41) is 11.7. The zero-order valence-electron chi connectivity index (χ0n) is 19.1. The SMILES string of the molecule is CC(=O)N[C@@H](CSCC=C(CC=C(C)C)CCc1ccc(-c2ccccc2)cc1)C(=O)O. The Morgan fingerprint density at radius 2 is 1.62 bits per heavy atom. The lowest BCUT2D eigenvalue weighted by atomic mass is 9.99. The van der Waals surface area contributed by atoms with E-state index in [2.05, 4.69) is 79.8 Å². The van der Waals surface area contributed by atoms with E-state index in [9.17, 15) is 14.7 Å². The van der Waals surface area contributed by atoms with E-state index in [-0.39, 0.29) is 5.91 Å². The topological polar surface area (TPSA) is 66.4 Å². The van der Waals surface area contributed by atoms with E-state index < -0.39 is 12.0 Å². The summed E-state index contributed by atoms with van der Waals surface area (Å²) in [4.78, 5) is 22.4. The second kappa shape index (κ2) is 13.6. The van der Waals surface area contributed by atoms with Crippen LogP contribution < -0.4 is 5.32 Å². The number of aryl methyl sites for hydroxylation is 1. The van der Waals surface area contributed by atoms with Gasteiger partial charge in [0.1, 0.15) is 6.04 Å². The van der Waals surface area contributed by atoms with E-state index >= 15 is 0 Å². The molecule has 170 valence electrons. The molecule has 0 spiro atoms. The van der Waals surface area contributed by atoms with Crippen LogP contribution in [-0.2, 0) is 16.0 Å². The number of carboxylic acid groups (broad SMARTS) is 1. The van der Waals surface area contributed by atoms with Gasteiger partial charge >= 0.3 is 5.97 Å². The fourth-order valence-corrected chi connectivity index (χ4v) is 4.16. The highest BCUT2D eigenvalue weighted by Gasteiger charge is 2.17. The van der Waals surface area contributed by atoms with Crippen molar-refractivity contribution in [3.63, 3.8) is 0 Å². The van der Waals surface area contributed by atoms with Crippen LogP contribution in [-0.4, -0.2) is 34.5 Å². The fourth-order valence-electron chi connectivity index (χ4n) is 3.20. The number of amides is 1. The van der Waals surface area contributed by atoms with Gasteiger partial charge in [0.15, 0.2) is 0 Å². The maximum Gasteiger partial charge on any atom is 0.327 e. The lowest BCUT2D eigenvalue weighted by Gasteiger charge is -2.12. The lowest BCUT2D eigenvalue weighted by Crippen LogP contribution is -2.41. The average Bonchev–Trinajstić information content (AvgIpc) is 2.77. The van der Waals surface area contributed by atoms with Gasteiger partial charge in [-0.3, -0.25) is 4.79 Å². The number of carbonyl (C=O) groups excluding carboxylic acids is 1. The van der Waals surface area contributed by atoms with Crippen molar-refractivity contribution in [2.45, 2.75) is 46.1 Å². The van der Waals surface area contributed by atoms with Crippen LogP contribution in [0, 0.1) is 0 Å². The standard InChI is InChI=1S/C27H33NO3S/c1-20(2)9-10-23(17-18-32-19-26(27(30)31)28-21(3)29)12-11-22-13-15-25(16-14-22)24-7-5-4-6-8-24/h4-9,13-17,26H,10-12,18-19H2,1-3H3,(H,28,29)(H,30,31)/t26-/m0/s1. The number of carboxylic acids is 1. The summed E-state index contributed by atoms with van der Waals surface area (Å²) < 4.78 is 0. The molecule has 2 N–H and O–H groups in total. The highest BCUT2D eigenvalue weighted by Crippen LogP contribution is 2.21. The molecule has 2 rings (SSSR count). The predicted octanol–water partition coefficient (Wildman–Crippen LogP) is 5.89. The molecule has 1 atom stereocenters. The molecule has 0 bridgehead atoms. The Morgan fingerprint density at radius 1 is 0.969 bits per heavy atom. The van der Waals surface area contributed by atoms with Gasteiger partial charge in [-0.15, -0.1) is 0 Å². The molecule has 0 fully saturated rings. The van der Waals surface area contributed by atoms with Crippen molar-refractivity contribution >= 4 is 23.6 Å². The first-order valence-corrected chi connectivity index (χ1v) is 12.0. The molecule has 5 heteroatoms. The summed E-state index contributed by atoms with van der Waals surface area (Å²) in [6.45, 7) is 5.53. The van der Waals surface area contributed by atoms with Crippen LogP contribution in [0.3, 0.4) is 0 Å². The van der Waals surface area contributed by atoms with Gasteiger partial charge < -0.3 is 10.4 Å². The minimum atomic E-state index is -1.000. The van der Waals surface area contributed by atoms with Gasteiger partial charge in [0.25, 0.3) is 0 Å². The normalized spacial score (nSPS) is 12.2. The van der Waals surface area contributed by atoms with Gasteiger partial charge in [0.05, 0.1) is 0 Å². The number of nitrogens with one attached hydrogen (secondary N) is 1. The summed E-state index contributed by atoms with van der Waals surface area (Å²) in [5.41, 5.74) is 6.37. The number of rotatable bonds is 12. The van der Waals surface area contributed by atoms with E-state index in [0.717, 1.165) is 25.0 Å². The molecule has 2 aromatic carbocycles. The Kier molecular flexibility index (Phi) is 10.8. The van der Waals surface area contributed by atoms with E-state index in [1.165, 1.54) is 46.5 Å². The lowest BCUT2D eigenvalue weighted by molar-refractivity contribution is -0.140. The van der Waals surface area contributed by atoms with Gasteiger partial charge in [-0.1, -0.05) is 77.9 Å². The van der Waals surface area contributed by atoms with Crippen molar-refractivity contribution in [2.24, 2.45) is 0 Å². The first-order chi connectivity index (χ1) is 15.3. The van der Waals surface area contributed by atoms with Crippen LogP contribution in [0.5, 0.6) is 0 Å². The molecular weight excluding hydrogens is 418 g/mol. The Labute approximate surface area is 195 Å². The smallest absolute Gasteiger partial charge is 0.327 e. The molecular formula is C27H33NO3S. The summed E-state index contributed by atoms with van der Waals surface area (Å²) in [6, 6.07) is 18.3. The number of hydrogen-bond donors (Lipinski definition) is 2. The van der Waals surface area contributed by atoms with Gasteiger partial charge in [-0.05, 0) is 49.8 Å². The number of hydrogen-bond acceptors (Lipinski definition) is 3.